The quantitative estimate of drug-likeness (QED) is 0.135. The molecule has 1 aliphatic carbocycles. The van der Waals surface area contributed by atoms with E-state index >= 15 is 0 Å². The molecular formula is C25H34N2O13. The zero-order valence-corrected chi connectivity index (χ0v) is 22.3. The normalized spacial score (nSPS) is 22.9. The maximum Gasteiger partial charge on any atom is 0.533 e. The Labute approximate surface area is 230 Å². The first-order chi connectivity index (χ1) is 19.2. The van der Waals surface area contributed by atoms with Gasteiger partial charge in [0.2, 0.25) is 0 Å². The van der Waals surface area contributed by atoms with Gasteiger partial charge in [-0.2, -0.15) is 0 Å². The maximum atomic E-state index is 12.1. The Hall–Kier alpha value is -3.75. The summed E-state index contributed by atoms with van der Waals surface area (Å²) >= 11 is 0. The van der Waals surface area contributed by atoms with E-state index in [2.05, 4.69) is 0 Å². The molecule has 0 unspecified atom stereocenters. The Balaban J connectivity index is 1.49. The molecule has 3 aliphatic rings. The summed E-state index contributed by atoms with van der Waals surface area (Å²) in [5.41, 5.74) is 0. The predicted molar refractivity (Wildman–Crippen MR) is 128 cm³/mol. The first-order valence-corrected chi connectivity index (χ1v) is 13.3. The van der Waals surface area contributed by atoms with Crippen molar-refractivity contribution in [2.75, 3.05) is 33.0 Å². The van der Waals surface area contributed by atoms with E-state index in [4.69, 9.17) is 28.6 Å². The lowest BCUT2D eigenvalue weighted by molar-refractivity contribution is -0.177. The summed E-state index contributed by atoms with van der Waals surface area (Å²) in [7, 11) is 0. The number of unbranched alkanes of at least 4 members (excludes halogenated alkanes) is 1. The number of amides is 4. The molecule has 0 bridgehead atoms. The fraction of sp³-hybridized carbons (Fsp3) is 0.720. The minimum atomic E-state index is -1.20. The van der Waals surface area contributed by atoms with E-state index in [0.717, 1.165) is 12.8 Å². The van der Waals surface area contributed by atoms with E-state index in [9.17, 15) is 33.6 Å². The first kappa shape index (κ1) is 30.8. The fourth-order valence-electron chi connectivity index (χ4n) is 4.68. The summed E-state index contributed by atoms with van der Waals surface area (Å²) in [4.78, 5) is 92.0. The Bertz CT molecular complexity index is 890. The van der Waals surface area contributed by atoms with Crippen LogP contribution in [0.2, 0.25) is 0 Å². The predicted octanol–water partition coefficient (Wildman–Crippen LogP) is 1.81. The van der Waals surface area contributed by atoms with Crippen molar-refractivity contribution < 1.29 is 62.2 Å². The summed E-state index contributed by atoms with van der Waals surface area (Å²) in [6.07, 6.45) is 0.580. The van der Waals surface area contributed by atoms with Gasteiger partial charge in [0, 0.05) is 25.7 Å². The largest absolute Gasteiger partial charge is 0.533 e. The number of esters is 1. The van der Waals surface area contributed by atoms with Gasteiger partial charge in [0.15, 0.2) is 0 Å². The highest BCUT2D eigenvalue weighted by atomic mass is 16.8. The van der Waals surface area contributed by atoms with Crippen molar-refractivity contribution in [2.24, 2.45) is 17.8 Å². The number of hydroxylamine groups is 4. The van der Waals surface area contributed by atoms with Gasteiger partial charge in [-0.25, -0.2) is 14.4 Å². The van der Waals surface area contributed by atoms with E-state index in [-0.39, 0.29) is 69.9 Å². The minimum absolute atomic E-state index is 0.0488. The summed E-state index contributed by atoms with van der Waals surface area (Å²) in [5.74, 6) is -3.58. The molecule has 3 rings (SSSR count). The molecule has 40 heavy (non-hydrogen) atoms. The number of carbonyl (C=O) groups excluding carboxylic acids is 7. The minimum Gasteiger partial charge on any atom is -0.464 e. The number of hydrogen-bond donors (Lipinski definition) is 0. The topological polar surface area (TPSA) is 181 Å². The molecule has 0 aromatic rings. The highest BCUT2D eigenvalue weighted by molar-refractivity contribution is 6.02. The summed E-state index contributed by atoms with van der Waals surface area (Å²) in [6.45, 7) is 2.04. The van der Waals surface area contributed by atoms with Crippen LogP contribution in [0.15, 0.2) is 0 Å². The van der Waals surface area contributed by atoms with E-state index in [1.165, 1.54) is 0 Å². The third-order valence-corrected chi connectivity index (χ3v) is 6.55. The van der Waals surface area contributed by atoms with Crippen molar-refractivity contribution in [1.29, 1.82) is 0 Å². The molecule has 0 aromatic carbocycles. The standard InChI is InChI=1S/C25H34N2O13/c1-2-3-8-36-23(32)15-35-12-16-9-17(13-37-24(33)39-26-19(28)4-5-20(26)29)11-18(10-16)14-38-25(34)40-27-21(30)6-7-22(27)31/h16-18H,2-15H2,1H3/t16-,17+,18-. The van der Waals surface area contributed by atoms with Gasteiger partial charge in [-0.3, -0.25) is 28.9 Å². The van der Waals surface area contributed by atoms with Crippen molar-refractivity contribution in [3.63, 3.8) is 0 Å². The molecule has 1 saturated carbocycles. The van der Waals surface area contributed by atoms with E-state index in [1.54, 1.807) is 0 Å². The van der Waals surface area contributed by atoms with Crippen LogP contribution in [0.25, 0.3) is 0 Å². The summed E-state index contributed by atoms with van der Waals surface area (Å²) < 4.78 is 20.9. The Morgan fingerprint density at radius 3 is 1.52 bits per heavy atom. The average Bonchev–Trinajstić information content (AvgIpc) is 3.41. The van der Waals surface area contributed by atoms with Crippen LogP contribution in [-0.2, 0) is 52.6 Å². The summed E-state index contributed by atoms with van der Waals surface area (Å²) in [6, 6.07) is 0. The van der Waals surface area contributed by atoms with E-state index < -0.39 is 41.9 Å². The van der Waals surface area contributed by atoms with Crippen LogP contribution in [0.5, 0.6) is 0 Å². The average molecular weight is 571 g/mol. The van der Waals surface area contributed by atoms with Crippen LogP contribution < -0.4 is 0 Å². The van der Waals surface area contributed by atoms with Crippen LogP contribution in [0.4, 0.5) is 9.59 Å². The fourth-order valence-corrected chi connectivity index (χ4v) is 4.68. The second-order valence-electron chi connectivity index (χ2n) is 9.86. The number of hydrogen-bond acceptors (Lipinski definition) is 13. The van der Waals surface area contributed by atoms with Crippen LogP contribution in [0.3, 0.4) is 0 Å². The highest BCUT2D eigenvalue weighted by Crippen LogP contribution is 2.34. The Morgan fingerprint density at radius 1 is 0.675 bits per heavy atom. The van der Waals surface area contributed by atoms with Gasteiger partial charge in [0.05, 0.1) is 26.4 Å². The molecule has 4 amide bonds. The molecule has 2 saturated heterocycles. The van der Waals surface area contributed by atoms with Gasteiger partial charge < -0.3 is 18.9 Å². The number of nitrogens with zero attached hydrogens (tertiary/aromatic N) is 2. The monoisotopic (exact) mass is 570 g/mol. The summed E-state index contributed by atoms with van der Waals surface area (Å²) in [5, 5.41) is 0.773. The number of ether oxygens (including phenoxy) is 4. The maximum absolute atomic E-state index is 12.1. The molecule has 222 valence electrons. The van der Waals surface area contributed by atoms with Crippen LogP contribution >= 0.6 is 0 Å². The second-order valence-corrected chi connectivity index (χ2v) is 9.86. The van der Waals surface area contributed by atoms with Crippen molar-refractivity contribution in [3.8, 4) is 0 Å². The van der Waals surface area contributed by atoms with Crippen molar-refractivity contribution in [1.82, 2.24) is 10.1 Å². The van der Waals surface area contributed by atoms with Gasteiger partial charge in [-0.15, -0.1) is 0 Å². The highest BCUT2D eigenvalue weighted by Gasteiger charge is 2.36. The third kappa shape index (κ3) is 9.47. The van der Waals surface area contributed by atoms with Crippen molar-refractivity contribution in [3.05, 3.63) is 0 Å². The van der Waals surface area contributed by atoms with Crippen molar-refractivity contribution in [2.45, 2.75) is 64.7 Å². The van der Waals surface area contributed by atoms with Gasteiger partial charge in [0.25, 0.3) is 23.6 Å². The molecule has 3 fully saturated rings. The molecule has 2 heterocycles. The lowest BCUT2D eigenvalue weighted by atomic mass is 9.76. The molecule has 0 radical (unpaired) electrons. The lowest BCUT2D eigenvalue weighted by Gasteiger charge is -2.34. The van der Waals surface area contributed by atoms with Gasteiger partial charge >= 0.3 is 18.3 Å². The first-order valence-electron chi connectivity index (χ1n) is 13.3. The number of carbonyl (C=O) groups is 7. The number of rotatable bonds is 13. The zero-order chi connectivity index (χ0) is 29.1. The Morgan fingerprint density at radius 2 is 1.10 bits per heavy atom. The third-order valence-electron chi connectivity index (χ3n) is 6.55. The zero-order valence-electron chi connectivity index (χ0n) is 22.3. The van der Waals surface area contributed by atoms with Gasteiger partial charge in [0.1, 0.15) is 6.61 Å². The molecular weight excluding hydrogens is 536 g/mol. The molecule has 2 aliphatic heterocycles. The van der Waals surface area contributed by atoms with Crippen LogP contribution in [0, 0.1) is 17.8 Å². The Kier molecular flexibility index (Phi) is 11.7. The van der Waals surface area contributed by atoms with Crippen LogP contribution in [-0.4, -0.2) is 85.1 Å². The molecule has 15 heteroatoms. The second kappa shape index (κ2) is 15.1. The molecule has 3 atom stereocenters. The molecule has 0 aromatic heterocycles. The molecule has 0 spiro atoms. The van der Waals surface area contributed by atoms with Gasteiger partial charge in [-0.1, -0.05) is 23.5 Å². The molecule has 0 N–H and O–H groups in total. The van der Waals surface area contributed by atoms with Gasteiger partial charge in [-0.05, 0) is 43.4 Å². The molecule has 15 nitrogen and oxygen atoms in total. The SMILES string of the molecule is CCCCOC(=O)COC[C@H]1C[C@@H](COC(=O)ON2C(=O)CCC2=O)C[C@@H](COC(=O)ON2C(=O)CCC2=O)C1. The van der Waals surface area contributed by atoms with Crippen molar-refractivity contribution >= 4 is 41.9 Å². The number of imide groups is 2. The lowest BCUT2D eigenvalue weighted by Crippen LogP contribution is -2.35. The van der Waals surface area contributed by atoms with E-state index in [1.807, 2.05) is 6.92 Å². The van der Waals surface area contributed by atoms with Crippen LogP contribution in [0.1, 0.15) is 64.7 Å². The van der Waals surface area contributed by atoms with E-state index in [0.29, 0.717) is 36.0 Å². The smallest absolute Gasteiger partial charge is 0.464 e.